The molecule has 18 heavy (non-hydrogen) atoms. The van der Waals surface area contributed by atoms with Crippen LogP contribution in [0.3, 0.4) is 0 Å². The molecule has 0 bridgehead atoms. The van der Waals surface area contributed by atoms with Crippen LogP contribution < -0.4 is 16.6 Å². The number of nitrogens with one attached hydrogen (secondary N) is 2. The zero-order chi connectivity index (χ0) is 13.1. The molecule has 1 heterocycles. The zero-order valence-corrected chi connectivity index (χ0v) is 9.67. The second kappa shape index (κ2) is 5.11. The van der Waals surface area contributed by atoms with Crippen molar-refractivity contribution in [3.05, 3.63) is 41.2 Å². The quantitative estimate of drug-likeness (QED) is 0.590. The van der Waals surface area contributed by atoms with E-state index in [0.717, 1.165) is 6.07 Å². The lowest BCUT2D eigenvalue weighted by molar-refractivity contribution is 0.586. The predicted molar refractivity (Wildman–Crippen MR) is 64.5 cm³/mol. The minimum Gasteiger partial charge on any atom is -0.335 e. The van der Waals surface area contributed by atoms with Gasteiger partial charge in [0.1, 0.15) is 5.82 Å². The third kappa shape index (κ3) is 2.63. The number of hydrogen-bond acceptors (Lipinski definition) is 5. The van der Waals surface area contributed by atoms with Crippen molar-refractivity contribution in [2.75, 3.05) is 10.7 Å². The molecule has 0 atom stereocenters. The average molecular weight is 272 g/mol. The summed E-state index contributed by atoms with van der Waals surface area (Å²) in [4.78, 5) is 7.78. The Morgan fingerprint density at radius 3 is 2.56 bits per heavy atom. The highest BCUT2D eigenvalue weighted by molar-refractivity contribution is 6.33. The highest BCUT2D eigenvalue weighted by Gasteiger charge is 2.11. The molecule has 2 rings (SSSR count). The smallest absolute Gasteiger partial charge is 0.160 e. The van der Waals surface area contributed by atoms with Gasteiger partial charge in [-0.15, -0.1) is 0 Å². The Bertz CT molecular complexity index is 555. The fraction of sp³-hybridized carbons (Fsp3) is 0. The molecule has 5 nitrogen and oxygen atoms in total. The van der Waals surface area contributed by atoms with Crippen LogP contribution in [0.1, 0.15) is 0 Å². The predicted octanol–water partition coefficient (Wildman–Crippen LogP) is 2.44. The Morgan fingerprint density at radius 2 is 1.89 bits per heavy atom. The van der Waals surface area contributed by atoms with Crippen LogP contribution in [0.4, 0.5) is 26.1 Å². The summed E-state index contributed by atoms with van der Waals surface area (Å²) < 4.78 is 26.4. The van der Waals surface area contributed by atoms with Crippen LogP contribution in [0.25, 0.3) is 0 Å². The molecule has 8 heteroatoms. The van der Waals surface area contributed by atoms with E-state index in [0.29, 0.717) is 11.9 Å². The van der Waals surface area contributed by atoms with Gasteiger partial charge in [0, 0.05) is 6.07 Å². The van der Waals surface area contributed by atoms with Crippen LogP contribution in [-0.2, 0) is 0 Å². The molecule has 0 saturated carbocycles. The van der Waals surface area contributed by atoms with Crippen LogP contribution in [0, 0.1) is 11.6 Å². The van der Waals surface area contributed by atoms with Gasteiger partial charge in [-0.2, -0.15) is 0 Å². The molecular weight excluding hydrogens is 264 g/mol. The minimum absolute atomic E-state index is 0.0819. The summed E-state index contributed by atoms with van der Waals surface area (Å²) in [6.45, 7) is 0. The van der Waals surface area contributed by atoms with Crippen molar-refractivity contribution in [1.29, 1.82) is 0 Å². The van der Waals surface area contributed by atoms with E-state index in [-0.39, 0.29) is 16.5 Å². The minimum atomic E-state index is -0.826. The first-order valence-electron chi connectivity index (χ1n) is 4.80. The van der Waals surface area contributed by atoms with E-state index in [4.69, 9.17) is 17.4 Å². The number of rotatable bonds is 3. The molecule has 2 aromatic rings. The lowest BCUT2D eigenvalue weighted by atomic mass is 10.3. The highest BCUT2D eigenvalue weighted by Crippen LogP contribution is 2.28. The molecule has 0 saturated heterocycles. The van der Waals surface area contributed by atoms with Gasteiger partial charge in [-0.25, -0.2) is 19.6 Å². The molecule has 1 aromatic heterocycles. The van der Waals surface area contributed by atoms with Gasteiger partial charge in [0.25, 0.3) is 0 Å². The van der Waals surface area contributed by atoms with E-state index < -0.39 is 11.6 Å². The number of halogens is 3. The van der Waals surface area contributed by atoms with Crippen molar-refractivity contribution in [2.45, 2.75) is 0 Å². The standard InChI is InChI=1S/C10H8ClF2N5/c11-6-1-5(12)2-7(13)10(6)17-8-3-15-4-9(16-8)18-14/h1-4H,14H2,(H2,16,17,18). The Labute approximate surface area is 106 Å². The lowest BCUT2D eigenvalue weighted by Crippen LogP contribution is -2.09. The molecule has 1 aromatic carbocycles. The monoisotopic (exact) mass is 271 g/mol. The molecule has 0 spiro atoms. The molecule has 0 unspecified atom stereocenters. The number of hydrogen-bond donors (Lipinski definition) is 3. The van der Waals surface area contributed by atoms with Gasteiger partial charge >= 0.3 is 0 Å². The van der Waals surface area contributed by atoms with Crippen molar-refractivity contribution in [3.63, 3.8) is 0 Å². The van der Waals surface area contributed by atoms with Crippen molar-refractivity contribution < 1.29 is 8.78 Å². The van der Waals surface area contributed by atoms with Crippen molar-refractivity contribution in [1.82, 2.24) is 9.97 Å². The normalized spacial score (nSPS) is 10.2. The number of aromatic nitrogens is 2. The van der Waals surface area contributed by atoms with Crippen LogP contribution in [0.5, 0.6) is 0 Å². The number of nitrogens with zero attached hydrogens (tertiary/aromatic N) is 2. The van der Waals surface area contributed by atoms with Gasteiger partial charge in [-0.3, -0.25) is 4.98 Å². The lowest BCUT2D eigenvalue weighted by Gasteiger charge is -2.09. The number of nitrogens with two attached hydrogens (primary N) is 1. The van der Waals surface area contributed by atoms with Crippen LogP contribution in [-0.4, -0.2) is 9.97 Å². The molecule has 0 aliphatic carbocycles. The first-order valence-corrected chi connectivity index (χ1v) is 5.18. The molecule has 0 amide bonds. The number of nitrogen functional groups attached to an aromatic ring is 1. The third-order valence-corrected chi connectivity index (χ3v) is 2.34. The Balaban J connectivity index is 2.33. The second-order valence-electron chi connectivity index (χ2n) is 3.30. The number of hydrazine groups is 1. The Kier molecular flexibility index (Phi) is 3.54. The summed E-state index contributed by atoms with van der Waals surface area (Å²) in [5, 5.41) is 2.50. The van der Waals surface area contributed by atoms with Crippen LogP contribution in [0.15, 0.2) is 24.5 Å². The second-order valence-corrected chi connectivity index (χ2v) is 3.71. The summed E-state index contributed by atoms with van der Waals surface area (Å²) in [7, 11) is 0. The fourth-order valence-corrected chi connectivity index (χ4v) is 1.53. The average Bonchev–Trinajstić information content (AvgIpc) is 2.34. The summed E-state index contributed by atoms with van der Waals surface area (Å²) in [5.41, 5.74) is 2.21. The van der Waals surface area contributed by atoms with E-state index in [1.165, 1.54) is 12.4 Å². The van der Waals surface area contributed by atoms with E-state index >= 15 is 0 Å². The summed E-state index contributed by atoms with van der Waals surface area (Å²) in [5.74, 6) is 4.09. The fourth-order valence-electron chi connectivity index (χ4n) is 1.29. The zero-order valence-electron chi connectivity index (χ0n) is 8.92. The van der Waals surface area contributed by atoms with Crippen molar-refractivity contribution >= 4 is 28.9 Å². The highest BCUT2D eigenvalue weighted by atomic mass is 35.5. The van der Waals surface area contributed by atoms with E-state index in [1.54, 1.807) is 0 Å². The van der Waals surface area contributed by atoms with Crippen LogP contribution in [0.2, 0.25) is 5.02 Å². The molecule has 0 fully saturated rings. The topological polar surface area (TPSA) is 75.9 Å². The maximum Gasteiger partial charge on any atom is 0.160 e. The maximum absolute atomic E-state index is 13.5. The van der Waals surface area contributed by atoms with E-state index in [9.17, 15) is 8.78 Å². The molecule has 4 N–H and O–H groups in total. The van der Waals surface area contributed by atoms with Gasteiger partial charge in [0.05, 0.1) is 23.1 Å². The molecule has 0 radical (unpaired) electrons. The van der Waals surface area contributed by atoms with Gasteiger partial charge in [0.2, 0.25) is 0 Å². The molecule has 94 valence electrons. The van der Waals surface area contributed by atoms with Crippen molar-refractivity contribution in [3.8, 4) is 0 Å². The number of anilines is 3. The molecule has 0 aliphatic heterocycles. The maximum atomic E-state index is 13.5. The summed E-state index contributed by atoms with van der Waals surface area (Å²) in [6.07, 6.45) is 2.73. The molecular formula is C10H8ClF2N5. The first kappa shape index (κ1) is 12.5. The Hall–Kier alpha value is -1.99. The van der Waals surface area contributed by atoms with E-state index in [2.05, 4.69) is 20.7 Å². The van der Waals surface area contributed by atoms with Gasteiger partial charge < -0.3 is 10.7 Å². The van der Waals surface area contributed by atoms with Crippen LogP contribution >= 0.6 is 11.6 Å². The third-order valence-electron chi connectivity index (χ3n) is 2.04. The largest absolute Gasteiger partial charge is 0.335 e. The first-order chi connectivity index (χ1) is 8.60. The van der Waals surface area contributed by atoms with Gasteiger partial charge in [0.15, 0.2) is 17.5 Å². The summed E-state index contributed by atoms with van der Waals surface area (Å²) >= 11 is 5.73. The Morgan fingerprint density at radius 1 is 1.17 bits per heavy atom. The summed E-state index contributed by atoms with van der Waals surface area (Å²) in [6, 6.07) is 1.71. The van der Waals surface area contributed by atoms with Gasteiger partial charge in [-0.05, 0) is 6.07 Å². The molecule has 0 aliphatic rings. The van der Waals surface area contributed by atoms with E-state index in [1.807, 2.05) is 0 Å². The number of benzene rings is 1. The van der Waals surface area contributed by atoms with Crippen molar-refractivity contribution in [2.24, 2.45) is 5.84 Å². The SMILES string of the molecule is NNc1cncc(Nc2c(F)cc(F)cc2Cl)n1. The van der Waals surface area contributed by atoms with Gasteiger partial charge in [-0.1, -0.05) is 11.6 Å².